The van der Waals surface area contributed by atoms with Crippen molar-refractivity contribution in [3.05, 3.63) is 77.2 Å². The van der Waals surface area contributed by atoms with Crippen LogP contribution in [-0.4, -0.2) is 38.3 Å². The van der Waals surface area contributed by atoms with Gasteiger partial charge in [-0.05, 0) is 50.1 Å². The fraction of sp³-hybridized carbons (Fsp3) is 0.320. The molecule has 0 radical (unpaired) electrons. The summed E-state index contributed by atoms with van der Waals surface area (Å²) in [5, 5.41) is 13.2. The van der Waals surface area contributed by atoms with Crippen molar-refractivity contribution in [3.8, 4) is 22.8 Å². The largest absolute Gasteiger partial charge is 0.454 e. The Bertz CT molecular complexity index is 1270. The van der Waals surface area contributed by atoms with Crippen molar-refractivity contribution in [2.75, 3.05) is 13.3 Å². The van der Waals surface area contributed by atoms with Crippen molar-refractivity contribution in [3.63, 3.8) is 0 Å². The molecule has 0 unspecified atom stereocenters. The number of nitrogens with zero attached hydrogens (tertiary/aromatic N) is 5. The molecule has 2 aromatic heterocycles. The van der Waals surface area contributed by atoms with Crippen LogP contribution < -0.4 is 9.47 Å². The normalized spacial score (nSPS) is 17.7. The van der Waals surface area contributed by atoms with Crippen LogP contribution in [0.15, 0.2) is 59.4 Å². The first-order chi connectivity index (χ1) is 16.2. The summed E-state index contributed by atoms with van der Waals surface area (Å²) in [4.78, 5) is 2.45. The topological polar surface area (TPSA) is 78.4 Å². The van der Waals surface area contributed by atoms with Crippen LogP contribution in [0.25, 0.3) is 11.3 Å². The Morgan fingerprint density at radius 1 is 1.00 bits per heavy atom. The Kier molecular flexibility index (Phi) is 5.07. The number of hydrogen-bond donors (Lipinski definition) is 0. The van der Waals surface area contributed by atoms with Crippen molar-refractivity contribution < 1.29 is 14.1 Å². The molecule has 0 bridgehead atoms. The zero-order chi connectivity index (χ0) is 22.2. The van der Waals surface area contributed by atoms with Gasteiger partial charge in [-0.2, -0.15) is 5.10 Å². The van der Waals surface area contributed by atoms with E-state index in [1.54, 1.807) is 0 Å². The Morgan fingerprint density at radius 2 is 1.88 bits per heavy atom. The average Bonchev–Trinajstić information content (AvgIpc) is 3.62. The van der Waals surface area contributed by atoms with Crippen LogP contribution in [0.3, 0.4) is 0 Å². The first-order valence-electron chi connectivity index (χ1n) is 11.3. The predicted molar refractivity (Wildman–Crippen MR) is 121 cm³/mol. The van der Waals surface area contributed by atoms with E-state index in [9.17, 15) is 0 Å². The quantitative estimate of drug-likeness (QED) is 0.438. The van der Waals surface area contributed by atoms with E-state index in [1.807, 2.05) is 29.8 Å². The van der Waals surface area contributed by atoms with Gasteiger partial charge in [0.15, 0.2) is 11.5 Å². The third kappa shape index (κ3) is 3.87. The molecule has 1 atom stereocenters. The third-order valence-corrected chi connectivity index (χ3v) is 6.41. The molecule has 2 aliphatic heterocycles. The number of hydrogen-bond acceptors (Lipinski definition) is 7. The van der Waals surface area contributed by atoms with E-state index >= 15 is 0 Å². The maximum Gasteiger partial charge on any atom is 0.231 e. The molecule has 8 heteroatoms. The molecule has 168 valence electrons. The first kappa shape index (κ1) is 20.0. The van der Waals surface area contributed by atoms with E-state index in [0.29, 0.717) is 6.54 Å². The van der Waals surface area contributed by atoms with Crippen LogP contribution >= 0.6 is 0 Å². The molecule has 8 nitrogen and oxygen atoms in total. The Labute approximate surface area is 191 Å². The molecule has 2 aliphatic rings. The van der Waals surface area contributed by atoms with Gasteiger partial charge >= 0.3 is 0 Å². The summed E-state index contributed by atoms with van der Waals surface area (Å²) in [6.45, 7) is 4.71. The number of aryl methyl sites for hydroxylation is 1. The molecule has 6 rings (SSSR count). The van der Waals surface area contributed by atoms with E-state index in [4.69, 9.17) is 19.2 Å². The van der Waals surface area contributed by atoms with Gasteiger partial charge in [-0.15, -0.1) is 0 Å². The van der Waals surface area contributed by atoms with E-state index in [1.165, 1.54) is 11.1 Å². The van der Waals surface area contributed by atoms with Gasteiger partial charge in [0.1, 0.15) is 11.4 Å². The van der Waals surface area contributed by atoms with Crippen LogP contribution in [0.4, 0.5) is 0 Å². The highest BCUT2D eigenvalue weighted by Gasteiger charge is 2.31. The lowest BCUT2D eigenvalue weighted by atomic mass is 10.1. The molecular weight excluding hydrogens is 418 g/mol. The van der Waals surface area contributed by atoms with Gasteiger partial charge in [-0.1, -0.05) is 40.6 Å². The summed E-state index contributed by atoms with van der Waals surface area (Å²) < 4.78 is 18.1. The summed E-state index contributed by atoms with van der Waals surface area (Å²) >= 11 is 0. The van der Waals surface area contributed by atoms with Crippen molar-refractivity contribution >= 4 is 0 Å². The lowest BCUT2D eigenvalue weighted by Crippen LogP contribution is -2.23. The highest BCUT2D eigenvalue weighted by Crippen LogP contribution is 2.38. The van der Waals surface area contributed by atoms with Crippen LogP contribution in [0.1, 0.15) is 41.4 Å². The highest BCUT2D eigenvalue weighted by molar-refractivity contribution is 5.67. The second-order valence-electron chi connectivity index (χ2n) is 8.62. The minimum Gasteiger partial charge on any atom is -0.454 e. The zero-order valence-corrected chi connectivity index (χ0v) is 18.5. The minimum absolute atomic E-state index is 0.207. The number of benzene rings is 2. The van der Waals surface area contributed by atoms with Crippen molar-refractivity contribution in [2.24, 2.45) is 0 Å². The first-order valence-corrected chi connectivity index (χ1v) is 11.3. The van der Waals surface area contributed by atoms with E-state index in [0.717, 1.165) is 60.1 Å². The van der Waals surface area contributed by atoms with Gasteiger partial charge in [-0.25, -0.2) is 4.63 Å². The number of aromatic nitrogens is 4. The molecule has 0 amide bonds. The molecule has 0 saturated carbocycles. The van der Waals surface area contributed by atoms with Crippen LogP contribution in [-0.2, 0) is 13.1 Å². The van der Waals surface area contributed by atoms with E-state index in [-0.39, 0.29) is 12.8 Å². The predicted octanol–water partition coefficient (Wildman–Crippen LogP) is 4.36. The number of fused-ring (bicyclic) bond motifs is 1. The number of ether oxygens (including phenoxy) is 2. The highest BCUT2D eigenvalue weighted by atomic mass is 16.7. The lowest BCUT2D eigenvalue weighted by Gasteiger charge is -2.22. The Hall–Kier alpha value is -3.65. The van der Waals surface area contributed by atoms with Gasteiger partial charge < -0.3 is 9.47 Å². The number of rotatable bonds is 6. The molecule has 0 aliphatic carbocycles. The van der Waals surface area contributed by atoms with Gasteiger partial charge in [0.25, 0.3) is 0 Å². The number of likely N-dealkylation sites (tertiary alicyclic amines) is 1. The van der Waals surface area contributed by atoms with E-state index < -0.39 is 0 Å². The molecule has 1 fully saturated rings. The van der Waals surface area contributed by atoms with Crippen molar-refractivity contribution in [2.45, 2.75) is 38.9 Å². The second-order valence-corrected chi connectivity index (χ2v) is 8.62. The minimum atomic E-state index is 0.207. The molecule has 1 saturated heterocycles. The molecule has 0 N–H and O–H groups in total. The van der Waals surface area contributed by atoms with Crippen LogP contribution in [0.2, 0.25) is 0 Å². The fourth-order valence-corrected chi connectivity index (χ4v) is 4.80. The van der Waals surface area contributed by atoms with Gasteiger partial charge in [0.2, 0.25) is 6.79 Å². The standard InChI is InChI=1S/C25H25N5O3/c1-17-24(28-33-27-17)21-8-5-11-29(21)14-20-15-30(13-18-6-3-2-4-7-18)26-25(20)19-9-10-22-23(12-19)32-16-31-22/h2-4,6-7,9-10,12,15,21H,5,8,11,13-14,16H2,1H3/t21-/m0/s1. The summed E-state index contributed by atoms with van der Waals surface area (Å²) in [5.41, 5.74) is 6.18. The van der Waals surface area contributed by atoms with Crippen molar-refractivity contribution in [1.29, 1.82) is 0 Å². The Balaban J connectivity index is 1.35. The summed E-state index contributed by atoms with van der Waals surface area (Å²) in [6.07, 6.45) is 4.33. The monoisotopic (exact) mass is 443 g/mol. The molecular formula is C25H25N5O3. The fourth-order valence-electron chi connectivity index (χ4n) is 4.80. The summed E-state index contributed by atoms with van der Waals surface area (Å²) in [5.74, 6) is 1.54. The van der Waals surface area contributed by atoms with Crippen molar-refractivity contribution in [1.82, 2.24) is 25.0 Å². The molecule has 0 spiro atoms. The second kappa shape index (κ2) is 8.37. The zero-order valence-electron chi connectivity index (χ0n) is 18.5. The average molecular weight is 444 g/mol. The van der Waals surface area contributed by atoms with Crippen LogP contribution in [0, 0.1) is 6.92 Å². The smallest absolute Gasteiger partial charge is 0.231 e. The third-order valence-electron chi connectivity index (χ3n) is 6.41. The lowest BCUT2D eigenvalue weighted by molar-refractivity contribution is 0.174. The van der Waals surface area contributed by atoms with Gasteiger partial charge in [-0.3, -0.25) is 9.58 Å². The van der Waals surface area contributed by atoms with E-state index in [2.05, 4.69) is 51.7 Å². The van der Waals surface area contributed by atoms with Crippen LogP contribution in [0.5, 0.6) is 11.5 Å². The SMILES string of the molecule is Cc1nonc1[C@@H]1CCCN1Cc1cn(Cc2ccccc2)nc1-c1ccc2c(c1)OCO2. The van der Waals surface area contributed by atoms with Gasteiger partial charge in [0, 0.05) is 23.9 Å². The maximum absolute atomic E-state index is 5.62. The molecule has 33 heavy (non-hydrogen) atoms. The summed E-state index contributed by atoms with van der Waals surface area (Å²) in [6, 6.07) is 16.6. The summed E-state index contributed by atoms with van der Waals surface area (Å²) in [7, 11) is 0. The molecule has 4 aromatic rings. The molecule has 4 heterocycles. The Morgan fingerprint density at radius 3 is 2.73 bits per heavy atom. The molecule has 2 aromatic carbocycles. The maximum atomic E-state index is 5.62. The van der Waals surface area contributed by atoms with Gasteiger partial charge in [0.05, 0.1) is 18.3 Å².